The Morgan fingerprint density at radius 3 is 2.33 bits per heavy atom. The second-order valence-corrected chi connectivity index (χ2v) is 11.5. The van der Waals surface area contributed by atoms with E-state index in [0.717, 1.165) is 19.3 Å². The van der Waals surface area contributed by atoms with Gasteiger partial charge in [-0.2, -0.15) is 0 Å². The number of fused-ring (bicyclic) bond motifs is 3. The molecule has 0 radical (unpaired) electrons. The van der Waals surface area contributed by atoms with Crippen molar-refractivity contribution >= 4 is 23.4 Å². The van der Waals surface area contributed by atoms with E-state index in [9.17, 15) is 39.6 Å². The molecule has 0 aromatic heterocycles. The smallest absolute Gasteiger partial charge is 0.309 e. The van der Waals surface area contributed by atoms with Crippen LogP contribution in [0.2, 0.25) is 0 Å². The fourth-order valence-corrected chi connectivity index (χ4v) is 7.26. The minimum absolute atomic E-state index is 0.104. The van der Waals surface area contributed by atoms with Crippen LogP contribution in [0.3, 0.4) is 0 Å². The van der Waals surface area contributed by atoms with Crippen molar-refractivity contribution in [1.82, 2.24) is 4.90 Å². The largest absolute Gasteiger partial charge is 0.510 e. The molecular weight excluding hydrogens is 520 g/mol. The second-order valence-electron chi connectivity index (χ2n) is 11.5. The Kier molecular flexibility index (Phi) is 6.78. The Labute approximate surface area is 230 Å². The molecule has 1 aromatic rings. The number of aliphatic hydroxyl groups excluding tert-OH is 2. The number of carbonyl (C=O) groups is 4. The number of nitrogens with two attached hydrogens (primary N) is 1. The normalized spacial score (nSPS) is 32.5. The van der Waals surface area contributed by atoms with E-state index in [-0.39, 0.29) is 11.3 Å². The first kappa shape index (κ1) is 27.9. The van der Waals surface area contributed by atoms with E-state index in [0.29, 0.717) is 18.4 Å². The van der Waals surface area contributed by atoms with Crippen molar-refractivity contribution in [3.05, 3.63) is 52.0 Å². The van der Waals surface area contributed by atoms with Gasteiger partial charge in [0.1, 0.15) is 28.9 Å². The number of aliphatic hydroxyl groups is 3. The minimum atomic E-state index is -2.94. The van der Waals surface area contributed by atoms with Gasteiger partial charge in [-0.3, -0.25) is 24.1 Å². The fourth-order valence-electron chi connectivity index (χ4n) is 7.26. The number of phenolic OH excluding ortho intramolecular Hbond substituents is 1. The highest BCUT2D eigenvalue weighted by Crippen LogP contribution is 2.56. The van der Waals surface area contributed by atoms with E-state index in [2.05, 4.69) is 0 Å². The van der Waals surface area contributed by atoms with Crippen LogP contribution in [-0.4, -0.2) is 80.6 Å². The number of hydrogen-bond acceptors (Lipinski definition) is 10. The lowest BCUT2D eigenvalue weighted by Gasteiger charge is -2.54. The maximum atomic E-state index is 13.9. The maximum absolute atomic E-state index is 13.9. The van der Waals surface area contributed by atoms with Gasteiger partial charge in [-0.25, -0.2) is 0 Å². The zero-order valence-electron chi connectivity index (χ0n) is 22.6. The van der Waals surface area contributed by atoms with Crippen LogP contribution in [0.4, 0.5) is 0 Å². The number of Topliss-reactive ketones (excluding diaryl/α,β-unsaturated/α-hetero) is 2. The van der Waals surface area contributed by atoms with E-state index in [4.69, 9.17) is 10.5 Å². The Balaban J connectivity index is 1.79. The summed E-state index contributed by atoms with van der Waals surface area (Å²) in [5, 5.41) is 45.4. The molecule has 6 atom stereocenters. The Morgan fingerprint density at radius 2 is 1.73 bits per heavy atom. The third-order valence-corrected chi connectivity index (χ3v) is 9.16. The molecular formula is C29H34N2O9. The van der Waals surface area contributed by atoms with Crippen LogP contribution in [0, 0.1) is 17.8 Å². The highest BCUT2D eigenvalue weighted by molar-refractivity contribution is 6.25. The molecule has 4 aliphatic rings. The monoisotopic (exact) mass is 554 g/mol. The van der Waals surface area contributed by atoms with Crippen LogP contribution in [-0.2, 0) is 19.1 Å². The SMILES string of the molecule is C[C@H]1c2cccc(O)c2C(=O)C2=C(O)[C@]3(O)C(=O)C(C(N)=O)=C(O)[C@@H](N(C)C)[C@@H]3[C@@H](OC(=O)C3CCCCC3)[C@@H]21. The van der Waals surface area contributed by atoms with Crippen molar-refractivity contribution in [2.24, 2.45) is 23.5 Å². The maximum Gasteiger partial charge on any atom is 0.309 e. The number of amides is 1. The Bertz CT molecular complexity index is 1370. The molecule has 0 aliphatic heterocycles. The molecule has 6 N–H and O–H groups in total. The highest BCUT2D eigenvalue weighted by atomic mass is 16.5. The lowest BCUT2D eigenvalue weighted by Crippen LogP contribution is -2.69. The molecule has 1 saturated carbocycles. The van der Waals surface area contributed by atoms with Crippen LogP contribution in [0.25, 0.3) is 0 Å². The zero-order chi connectivity index (χ0) is 29.3. The average molecular weight is 555 g/mol. The van der Waals surface area contributed by atoms with Gasteiger partial charge in [0, 0.05) is 11.5 Å². The number of likely N-dealkylation sites (N-methyl/N-ethyl adjacent to an activating group) is 1. The summed E-state index contributed by atoms with van der Waals surface area (Å²) in [5.74, 6) is -9.84. The summed E-state index contributed by atoms with van der Waals surface area (Å²) in [5.41, 5.74) is 1.52. The molecule has 11 heteroatoms. The average Bonchev–Trinajstić information content (AvgIpc) is 2.90. The number of primary amides is 1. The lowest BCUT2D eigenvalue weighted by atomic mass is 9.55. The molecule has 0 unspecified atom stereocenters. The Morgan fingerprint density at radius 1 is 1.07 bits per heavy atom. The van der Waals surface area contributed by atoms with Crippen molar-refractivity contribution in [1.29, 1.82) is 0 Å². The van der Waals surface area contributed by atoms with Gasteiger partial charge < -0.3 is 30.9 Å². The first-order valence-corrected chi connectivity index (χ1v) is 13.5. The predicted molar refractivity (Wildman–Crippen MR) is 140 cm³/mol. The summed E-state index contributed by atoms with van der Waals surface area (Å²) < 4.78 is 6.13. The molecule has 1 aromatic carbocycles. The van der Waals surface area contributed by atoms with Gasteiger partial charge in [0.15, 0.2) is 11.4 Å². The number of nitrogens with zero attached hydrogens (tertiary/aromatic N) is 1. The molecule has 0 spiro atoms. The quantitative estimate of drug-likeness (QED) is 0.271. The first-order valence-electron chi connectivity index (χ1n) is 13.5. The summed E-state index contributed by atoms with van der Waals surface area (Å²) >= 11 is 0. The lowest BCUT2D eigenvalue weighted by molar-refractivity contribution is -0.184. The standard InChI is InChI=1S/C29H34N2O9/c1-12-14-10-7-11-15(32)17(14)22(33)18-16(12)24(40-28(38)13-8-5-4-6-9-13)20-21(31(2)3)23(34)19(27(30)37)26(36)29(20,39)25(18)35/h7,10-13,16,20-21,24,32,34-35,39H,4-6,8-9H2,1-3H3,(H2,30,37)/t12-,16+,20+,21-,24-,29-/m0/s1. The van der Waals surface area contributed by atoms with Gasteiger partial charge in [0.25, 0.3) is 5.91 Å². The summed E-state index contributed by atoms with van der Waals surface area (Å²) in [6.45, 7) is 1.73. The van der Waals surface area contributed by atoms with Crippen LogP contribution in [0.15, 0.2) is 40.9 Å². The number of ketones is 2. The molecule has 214 valence electrons. The summed E-state index contributed by atoms with van der Waals surface area (Å²) in [7, 11) is 3.05. The molecule has 1 fully saturated rings. The topological polar surface area (TPSA) is 188 Å². The van der Waals surface area contributed by atoms with Crippen molar-refractivity contribution in [3.8, 4) is 5.75 Å². The van der Waals surface area contributed by atoms with Crippen LogP contribution < -0.4 is 5.73 Å². The molecule has 0 bridgehead atoms. The van der Waals surface area contributed by atoms with E-state index < -0.39 is 87.5 Å². The van der Waals surface area contributed by atoms with E-state index in [1.54, 1.807) is 19.1 Å². The highest BCUT2D eigenvalue weighted by Gasteiger charge is 2.68. The number of phenols is 1. The van der Waals surface area contributed by atoms with Gasteiger partial charge in [0.2, 0.25) is 5.78 Å². The molecule has 1 amide bonds. The number of hydrogen-bond donors (Lipinski definition) is 5. The van der Waals surface area contributed by atoms with Gasteiger partial charge >= 0.3 is 5.97 Å². The van der Waals surface area contributed by atoms with Crippen LogP contribution >= 0.6 is 0 Å². The summed E-state index contributed by atoms with van der Waals surface area (Å²) in [4.78, 5) is 54.9. The number of benzene rings is 1. The third kappa shape index (κ3) is 3.78. The molecule has 11 nitrogen and oxygen atoms in total. The van der Waals surface area contributed by atoms with Crippen molar-refractivity contribution in [2.45, 2.75) is 62.7 Å². The second kappa shape index (κ2) is 9.74. The number of rotatable bonds is 4. The van der Waals surface area contributed by atoms with Crippen LogP contribution in [0.5, 0.6) is 5.75 Å². The van der Waals surface area contributed by atoms with E-state index >= 15 is 0 Å². The van der Waals surface area contributed by atoms with Gasteiger partial charge in [-0.05, 0) is 44.5 Å². The Hall–Kier alpha value is -3.70. The zero-order valence-corrected chi connectivity index (χ0v) is 22.6. The molecule has 0 heterocycles. The molecule has 0 saturated heterocycles. The summed E-state index contributed by atoms with van der Waals surface area (Å²) in [6, 6.07) is 3.22. The first-order chi connectivity index (χ1) is 18.8. The number of carbonyl (C=O) groups excluding carboxylic acids is 4. The van der Waals surface area contributed by atoms with Gasteiger partial charge in [-0.1, -0.05) is 38.3 Å². The third-order valence-electron chi connectivity index (χ3n) is 9.16. The van der Waals surface area contributed by atoms with E-state index in [1.165, 1.54) is 25.1 Å². The minimum Gasteiger partial charge on any atom is -0.510 e. The fraction of sp³-hybridized carbons (Fsp3) is 0.517. The molecule has 4 aliphatic carbocycles. The summed E-state index contributed by atoms with van der Waals surface area (Å²) in [6.07, 6.45) is 2.45. The van der Waals surface area contributed by atoms with Crippen molar-refractivity contribution in [2.75, 3.05) is 14.1 Å². The van der Waals surface area contributed by atoms with Gasteiger partial charge in [-0.15, -0.1) is 0 Å². The van der Waals surface area contributed by atoms with E-state index in [1.807, 2.05) is 0 Å². The number of ether oxygens (including phenoxy) is 1. The predicted octanol–water partition coefficient (Wildman–Crippen LogP) is 1.78. The van der Waals surface area contributed by atoms with Crippen molar-refractivity contribution < 1.29 is 44.3 Å². The van der Waals surface area contributed by atoms with Gasteiger partial charge in [0.05, 0.1) is 23.4 Å². The number of aromatic hydroxyl groups is 1. The molecule has 5 rings (SSSR count). The number of esters is 1. The molecule has 40 heavy (non-hydrogen) atoms. The van der Waals surface area contributed by atoms with Crippen LogP contribution in [0.1, 0.15) is 60.9 Å². The van der Waals surface area contributed by atoms with Crippen molar-refractivity contribution in [3.63, 3.8) is 0 Å².